The van der Waals surface area contributed by atoms with Crippen molar-refractivity contribution >= 4 is 0 Å². The highest BCUT2D eigenvalue weighted by molar-refractivity contribution is 5.25. The summed E-state index contributed by atoms with van der Waals surface area (Å²) >= 11 is 0. The molecule has 1 aromatic carbocycles. The molecule has 1 heterocycles. The molecule has 2 atom stereocenters. The molecule has 0 spiro atoms. The Morgan fingerprint density at radius 3 is 2.94 bits per heavy atom. The largest absolute Gasteiger partial charge is 0.314 e. The second-order valence-electron chi connectivity index (χ2n) is 5.19. The number of nitrogens with one attached hydrogen (secondary N) is 1. The second kappa shape index (κ2) is 5.81. The first-order valence-electron chi connectivity index (χ1n) is 6.86. The molecule has 1 aromatic rings. The maximum atomic E-state index is 13.7. The van der Waals surface area contributed by atoms with Gasteiger partial charge in [-0.25, -0.2) is 4.39 Å². The molecule has 2 nitrogen and oxygen atoms in total. The third-order valence-electron chi connectivity index (χ3n) is 4.04. The number of halogens is 1. The fourth-order valence-electron chi connectivity index (χ4n) is 2.73. The van der Waals surface area contributed by atoms with Gasteiger partial charge in [0.2, 0.25) is 0 Å². The third-order valence-corrected chi connectivity index (χ3v) is 4.04. The van der Waals surface area contributed by atoms with Crippen LogP contribution in [0.3, 0.4) is 0 Å². The van der Waals surface area contributed by atoms with Gasteiger partial charge in [-0.2, -0.15) is 0 Å². The summed E-state index contributed by atoms with van der Waals surface area (Å²) in [5.74, 6) is -0.0949. The fraction of sp³-hybridized carbons (Fsp3) is 0.600. The van der Waals surface area contributed by atoms with Crippen molar-refractivity contribution in [2.45, 2.75) is 39.3 Å². The predicted octanol–water partition coefficient (Wildman–Crippen LogP) is 2.88. The van der Waals surface area contributed by atoms with Gasteiger partial charge in [-0.05, 0) is 37.5 Å². The highest BCUT2D eigenvalue weighted by atomic mass is 19.1. The predicted molar refractivity (Wildman–Crippen MR) is 73.2 cm³/mol. The Kier molecular flexibility index (Phi) is 4.36. The third kappa shape index (κ3) is 2.73. The number of aryl methyl sites for hydroxylation is 1. The monoisotopic (exact) mass is 250 g/mol. The van der Waals surface area contributed by atoms with E-state index in [1.165, 1.54) is 0 Å². The standard InChI is InChI=1S/C15H23FN2/c1-4-14-10-17-7-8-18(14)12(3)13-6-5-11(2)15(16)9-13/h5-6,9,12,14,17H,4,7-8,10H2,1-3H3. The van der Waals surface area contributed by atoms with E-state index in [1.54, 1.807) is 6.07 Å². The van der Waals surface area contributed by atoms with Crippen molar-refractivity contribution < 1.29 is 4.39 Å². The Bertz CT molecular complexity index is 405. The van der Waals surface area contributed by atoms with Gasteiger partial charge in [0, 0.05) is 31.7 Å². The SMILES string of the molecule is CCC1CNCCN1C(C)c1ccc(C)c(F)c1. The van der Waals surface area contributed by atoms with Gasteiger partial charge in [0.15, 0.2) is 0 Å². The van der Waals surface area contributed by atoms with E-state index in [9.17, 15) is 4.39 Å². The molecule has 18 heavy (non-hydrogen) atoms. The lowest BCUT2D eigenvalue weighted by atomic mass is 10.0. The zero-order valence-corrected chi connectivity index (χ0v) is 11.5. The molecule has 1 N–H and O–H groups in total. The quantitative estimate of drug-likeness (QED) is 0.887. The number of nitrogens with zero attached hydrogens (tertiary/aromatic N) is 1. The molecule has 1 saturated heterocycles. The highest BCUT2D eigenvalue weighted by Gasteiger charge is 2.26. The first-order valence-corrected chi connectivity index (χ1v) is 6.86. The molecule has 0 bridgehead atoms. The van der Waals surface area contributed by atoms with Crippen molar-refractivity contribution in [1.29, 1.82) is 0 Å². The molecule has 1 aliphatic rings. The lowest BCUT2D eigenvalue weighted by Gasteiger charge is -2.40. The minimum Gasteiger partial charge on any atom is -0.314 e. The minimum atomic E-state index is -0.0949. The van der Waals surface area contributed by atoms with E-state index in [4.69, 9.17) is 0 Å². The Morgan fingerprint density at radius 2 is 2.28 bits per heavy atom. The van der Waals surface area contributed by atoms with Crippen LogP contribution < -0.4 is 5.32 Å². The minimum absolute atomic E-state index is 0.0949. The van der Waals surface area contributed by atoms with Crippen LogP contribution in [0.2, 0.25) is 0 Å². The summed E-state index contributed by atoms with van der Waals surface area (Å²) in [6, 6.07) is 6.46. The number of piperazine rings is 1. The van der Waals surface area contributed by atoms with E-state index < -0.39 is 0 Å². The zero-order valence-electron chi connectivity index (χ0n) is 11.5. The molecular weight excluding hydrogens is 227 g/mol. The maximum Gasteiger partial charge on any atom is 0.126 e. The van der Waals surface area contributed by atoms with Crippen LogP contribution in [0.5, 0.6) is 0 Å². The van der Waals surface area contributed by atoms with Crippen LogP contribution in [-0.2, 0) is 0 Å². The van der Waals surface area contributed by atoms with Crippen molar-refractivity contribution in [3.63, 3.8) is 0 Å². The summed E-state index contributed by atoms with van der Waals surface area (Å²) in [6.45, 7) is 9.30. The van der Waals surface area contributed by atoms with Crippen LogP contribution in [0.1, 0.15) is 37.4 Å². The first-order chi connectivity index (χ1) is 8.63. The van der Waals surface area contributed by atoms with Gasteiger partial charge in [-0.1, -0.05) is 19.1 Å². The van der Waals surface area contributed by atoms with Crippen molar-refractivity contribution in [3.05, 3.63) is 35.1 Å². The zero-order chi connectivity index (χ0) is 13.1. The molecule has 3 heteroatoms. The van der Waals surface area contributed by atoms with E-state index >= 15 is 0 Å². The Morgan fingerprint density at radius 1 is 1.50 bits per heavy atom. The fourth-order valence-corrected chi connectivity index (χ4v) is 2.73. The second-order valence-corrected chi connectivity index (χ2v) is 5.19. The van der Waals surface area contributed by atoms with Crippen LogP contribution in [0.15, 0.2) is 18.2 Å². The van der Waals surface area contributed by atoms with Crippen molar-refractivity contribution in [2.75, 3.05) is 19.6 Å². The lowest BCUT2D eigenvalue weighted by molar-refractivity contribution is 0.111. The van der Waals surface area contributed by atoms with Crippen molar-refractivity contribution in [1.82, 2.24) is 10.2 Å². The Balaban J connectivity index is 2.18. The van der Waals surface area contributed by atoms with Crippen LogP contribution >= 0.6 is 0 Å². The average molecular weight is 250 g/mol. The van der Waals surface area contributed by atoms with Crippen LogP contribution in [0, 0.1) is 12.7 Å². The normalized spacial score (nSPS) is 23.0. The summed E-state index contributed by atoms with van der Waals surface area (Å²) < 4.78 is 13.7. The van der Waals surface area contributed by atoms with Gasteiger partial charge >= 0.3 is 0 Å². The number of rotatable bonds is 3. The van der Waals surface area contributed by atoms with E-state index in [0.29, 0.717) is 6.04 Å². The molecule has 1 aliphatic heterocycles. The molecular formula is C15H23FN2. The molecule has 0 amide bonds. The first kappa shape index (κ1) is 13.5. The number of hydrogen-bond acceptors (Lipinski definition) is 2. The molecule has 0 aliphatic carbocycles. The molecule has 0 saturated carbocycles. The molecule has 0 aromatic heterocycles. The summed E-state index contributed by atoms with van der Waals surface area (Å²) in [5.41, 5.74) is 1.80. The van der Waals surface area contributed by atoms with E-state index in [1.807, 2.05) is 13.0 Å². The van der Waals surface area contributed by atoms with E-state index in [0.717, 1.165) is 37.2 Å². The van der Waals surface area contributed by atoms with Crippen molar-refractivity contribution in [3.8, 4) is 0 Å². The smallest absolute Gasteiger partial charge is 0.126 e. The van der Waals surface area contributed by atoms with Gasteiger partial charge in [0.25, 0.3) is 0 Å². The van der Waals surface area contributed by atoms with Crippen LogP contribution in [-0.4, -0.2) is 30.6 Å². The van der Waals surface area contributed by atoms with Gasteiger partial charge in [-0.15, -0.1) is 0 Å². The van der Waals surface area contributed by atoms with Gasteiger partial charge in [0.05, 0.1) is 0 Å². The summed E-state index contributed by atoms with van der Waals surface area (Å²) in [6.07, 6.45) is 1.13. The maximum absolute atomic E-state index is 13.7. The molecule has 2 unspecified atom stereocenters. The molecule has 2 rings (SSSR count). The summed E-state index contributed by atoms with van der Waals surface area (Å²) in [7, 11) is 0. The van der Waals surface area contributed by atoms with Gasteiger partial charge in [-0.3, -0.25) is 4.90 Å². The number of benzene rings is 1. The van der Waals surface area contributed by atoms with Crippen LogP contribution in [0.4, 0.5) is 4.39 Å². The number of hydrogen-bond donors (Lipinski definition) is 1. The highest BCUT2D eigenvalue weighted by Crippen LogP contribution is 2.25. The average Bonchev–Trinajstić information content (AvgIpc) is 2.41. The topological polar surface area (TPSA) is 15.3 Å². The Hall–Kier alpha value is -0.930. The summed E-state index contributed by atoms with van der Waals surface area (Å²) in [5, 5.41) is 3.43. The van der Waals surface area contributed by atoms with Gasteiger partial charge in [0.1, 0.15) is 5.82 Å². The van der Waals surface area contributed by atoms with Crippen molar-refractivity contribution in [2.24, 2.45) is 0 Å². The van der Waals surface area contributed by atoms with E-state index in [2.05, 4.69) is 30.1 Å². The van der Waals surface area contributed by atoms with Crippen LogP contribution in [0.25, 0.3) is 0 Å². The molecule has 1 fully saturated rings. The molecule has 0 radical (unpaired) electrons. The lowest BCUT2D eigenvalue weighted by Crippen LogP contribution is -2.51. The van der Waals surface area contributed by atoms with E-state index in [-0.39, 0.29) is 11.9 Å². The van der Waals surface area contributed by atoms with Gasteiger partial charge < -0.3 is 5.32 Å². The summed E-state index contributed by atoms with van der Waals surface area (Å²) in [4.78, 5) is 2.49. The molecule has 100 valence electrons. The Labute approximate surface area is 109 Å².